The van der Waals surface area contributed by atoms with Gasteiger partial charge in [0, 0.05) is 0 Å². The van der Waals surface area contributed by atoms with E-state index >= 15 is 0 Å². The summed E-state index contributed by atoms with van der Waals surface area (Å²) in [4.78, 5) is 0. The first-order valence-electron chi connectivity index (χ1n) is 5.47. The average Bonchev–Trinajstić information content (AvgIpc) is 2.18. The lowest BCUT2D eigenvalue weighted by molar-refractivity contribution is -0.0197. The number of ether oxygens (including phenoxy) is 2. The Balaban J connectivity index is 3.23. The molecule has 0 aromatic heterocycles. The SMILES string of the molecule is CCC(C)OCCOC(CC)CC. The smallest absolute Gasteiger partial charge is 0.0704 e. The number of rotatable bonds is 8. The van der Waals surface area contributed by atoms with Gasteiger partial charge in [-0.3, -0.25) is 0 Å². The fourth-order valence-corrected chi connectivity index (χ4v) is 1.11. The van der Waals surface area contributed by atoms with E-state index in [1.54, 1.807) is 0 Å². The Bertz CT molecular complexity index is 100. The lowest BCUT2D eigenvalue weighted by atomic mass is 10.2. The molecule has 1 atom stereocenters. The quantitative estimate of drug-likeness (QED) is 0.545. The first kappa shape index (κ1) is 12.9. The first-order valence-corrected chi connectivity index (χ1v) is 5.47. The average molecular weight is 188 g/mol. The van der Waals surface area contributed by atoms with Gasteiger partial charge in [0.2, 0.25) is 0 Å². The minimum atomic E-state index is 0.366. The Morgan fingerprint density at radius 1 is 0.846 bits per heavy atom. The van der Waals surface area contributed by atoms with Crippen molar-refractivity contribution in [1.29, 1.82) is 0 Å². The van der Waals surface area contributed by atoms with Crippen LogP contribution in [0.3, 0.4) is 0 Å². The van der Waals surface area contributed by atoms with Gasteiger partial charge < -0.3 is 9.47 Å². The number of hydrogen-bond acceptors (Lipinski definition) is 2. The zero-order valence-corrected chi connectivity index (χ0v) is 9.51. The van der Waals surface area contributed by atoms with Crippen molar-refractivity contribution in [3.8, 4) is 0 Å². The Morgan fingerprint density at radius 3 is 1.85 bits per heavy atom. The fraction of sp³-hybridized carbons (Fsp3) is 1.00. The molecule has 0 N–H and O–H groups in total. The van der Waals surface area contributed by atoms with Gasteiger partial charge >= 0.3 is 0 Å². The van der Waals surface area contributed by atoms with E-state index in [2.05, 4.69) is 27.7 Å². The lowest BCUT2D eigenvalue weighted by Crippen LogP contribution is -2.17. The maximum atomic E-state index is 5.61. The summed E-state index contributed by atoms with van der Waals surface area (Å²) >= 11 is 0. The highest BCUT2D eigenvalue weighted by atomic mass is 16.5. The van der Waals surface area contributed by atoms with Gasteiger partial charge in [-0.1, -0.05) is 20.8 Å². The van der Waals surface area contributed by atoms with Crippen LogP contribution < -0.4 is 0 Å². The molecule has 0 heterocycles. The summed E-state index contributed by atoms with van der Waals surface area (Å²) in [6, 6.07) is 0. The molecule has 80 valence electrons. The van der Waals surface area contributed by atoms with E-state index in [0.717, 1.165) is 32.5 Å². The third-order valence-electron chi connectivity index (χ3n) is 2.32. The van der Waals surface area contributed by atoms with Crippen molar-refractivity contribution >= 4 is 0 Å². The molecular weight excluding hydrogens is 164 g/mol. The van der Waals surface area contributed by atoms with E-state index in [1.165, 1.54) is 0 Å². The summed E-state index contributed by atoms with van der Waals surface area (Å²) < 4.78 is 11.1. The third-order valence-corrected chi connectivity index (χ3v) is 2.32. The van der Waals surface area contributed by atoms with E-state index in [9.17, 15) is 0 Å². The summed E-state index contributed by atoms with van der Waals surface area (Å²) in [7, 11) is 0. The molecule has 2 nitrogen and oxygen atoms in total. The van der Waals surface area contributed by atoms with Crippen LogP contribution in [-0.4, -0.2) is 25.4 Å². The summed E-state index contributed by atoms with van der Waals surface area (Å²) in [5.41, 5.74) is 0. The van der Waals surface area contributed by atoms with Gasteiger partial charge in [-0.25, -0.2) is 0 Å². The second kappa shape index (κ2) is 8.52. The molecule has 0 aromatic carbocycles. The van der Waals surface area contributed by atoms with Gasteiger partial charge in [0.15, 0.2) is 0 Å². The summed E-state index contributed by atoms with van der Waals surface area (Å²) in [6.45, 7) is 10.00. The molecular formula is C11H24O2. The van der Waals surface area contributed by atoms with Crippen LogP contribution in [-0.2, 0) is 9.47 Å². The second-order valence-electron chi connectivity index (χ2n) is 3.40. The van der Waals surface area contributed by atoms with Crippen LogP contribution in [0.2, 0.25) is 0 Å². The molecule has 0 spiro atoms. The van der Waals surface area contributed by atoms with Gasteiger partial charge in [0.1, 0.15) is 0 Å². The van der Waals surface area contributed by atoms with Crippen molar-refractivity contribution < 1.29 is 9.47 Å². The molecule has 13 heavy (non-hydrogen) atoms. The highest BCUT2D eigenvalue weighted by molar-refractivity contribution is 4.51. The van der Waals surface area contributed by atoms with E-state index in [1.807, 2.05) is 0 Å². The first-order chi connectivity index (χ1) is 6.24. The van der Waals surface area contributed by atoms with Crippen molar-refractivity contribution in [2.24, 2.45) is 0 Å². The maximum absolute atomic E-state index is 5.61. The summed E-state index contributed by atoms with van der Waals surface area (Å²) in [6.07, 6.45) is 4.05. The molecule has 0 fully saturated rings. The van der Waals surface area contributed by atoms with Gasteiger partial charge in [0.05, 0.1) is 25.4 Å². The monoisotopic (exact) mass is 188 g/mol. The van der Waals surface area contributed by atoms with E-state index in [4.69, 9.17) is 9.47 Å². The molecule has 0 aromatic rings. The molecule has 2 heteroatoms. The Hall–Kier alpha value is -0.0800. The Kier molecular flexibility index (Phi) is 8.46. The normalized spacial score (nSPS) is 13.6. The standard InChI is InChI=1S/C11H24O2/c1-5-10(4)12-8-9-13-11(6-2)7-3/h10-11H,5-9H2,1-4H3. The van der Waals surface area contributed by atoms with Crippen molar-refractivity contribution in [1.82, 2.24) is 0 Å². The molecule has 0 amide bonds. The van der Waals surface area contributed by atoms with Crippen LogP contribution >= 0.6 is 0 Å². The Labute approximate surface area is 82.6 Å². The highest BCUT2D eigenvalue weighted by Crippen LogP contribution is 2.02. The van der Waals surface area contributed by atoms with Crippen LogP contribution in [0, 0.1) is 0 Å². The molecule has 0 rings (SSSR count). The van der Waals surface area contributed by atoms with Crippen LogP contribution in [0.4, 0.5) is 0 Å². The van der Waals surface area contributed by atoms with Crippen LogP contribution in [0.5, 0.6) is 0 Å². The van der Waals surface area contributed by atoms with Crippen molar-refractivity contribution in [3.05, 3.63) is 0 Å². The molecule has 0 radical (unpaired) electrons. The summed E-state index contributed by atoms with van der Waals surface area (Å²) in [5.74, 6) is 0. The Morgan fingerprint density at radius 2 is 1.38 bits per heavy atom. The van der Waals surface area contributed by atoms with Gasteiger partial charge in [-0.15, -0.1) is 0 Å². The second-order valence-corrected chi connectivity index (χ2v) is 3.40. The molecule has 0 saturated heterocycles. The molecule has 0 aliphatic heterocycles. The van der Waals surface area contributed by atoms with Crippen LogP contribution in [0.1, 0.15) is 47.0 Å². The van der Waals surface area contributed by atoms with Crippen LogP contribution in [0.25, 0.3) is 0 Å². The van der Waals surface area contributed by atoms with E-state index in [0.29, 0.717) is 12.2 Å². The predicted molar refractivity (Wildman–Crippen MR) is 56.0 cm³/mol. The molecule has 0 aliphatic carbocycles. The lowest BCUT2D eigenvalue weighted by Gasteiger charge is -2.15. The fourth-order valence-electron chi connectivity index (χ4n) is 1.11. The predicted octanol–water partition coefficient (Wildman–Crippen LogP) is 3.01. The van der Waals surface area contributed by atoms with Gasteiger partial charge in [-0.05, 0) is 26.2 Å². The molecule has 0 aliphatic rings. The zero-order valence-electron chi connectivity index (χ0n) is 9.51. The molecule has 1 unspecified atom stereocenters. The highest BCUT2D eigenvalue weighted by Gasteiger charge is 2.03. The molecule has 0 bridgehead atoms. The van der Waals surface area contributed by atoms with Crippen LogP contribution in [0.15, 0.2) is 0 Å². The maximum Gasteiger partial charge on any atom is 0.0704 e. The number of hydrogen-bond donors (Lipinski definition) is 0. The molecule has 0 saturated carbocycles. The zero-order chi connectivity index (χ0) is 10.1. The summed E-state index contributed by atoms with van der Waals surface area (Å²) in [5, 5.41) is 0. The van der Waals surface area contributed by atoms with E-state index in [-0.39, 0.29) is 0 Å². The van der Waals surface area contributed by atoms with Crippen molar-refractivity contribution in [2.75, 3.05) is 13.2 Å². The van der Waals surface area contributed by atoms with E-state index < -0.39 is 0 Å². The topological polar surface area (TPSA) is 18.5 Å². The van der Waals surface area contributed by atoms with Gasteiger partial charge in [-0.2, -0.15) is 0 Å². The largest absolute Gasteiger partial charge is 0.376 e. The van der Waals surface area contributed by atoms with Crippen molar-refractivity contribution in [2.45, 2.75) is 59.2 Å². The van der Waals surface area contributed by atoms with Crippen molar-refractivity contribution in [3.63, 3.8) is 0 Å². The minimum absolute atomic E-state index is 0.366. The minimum Gasteiger partial charge on any atom is -0.376 e. The third kappa shape index (κ3) is 7.03. The van der Waals surface area contributed by atoms with Gasteiger partial charge in [0.25, 0.3) is 0 Å².